The van der Waals surface area contributed by atoms with Gasteiger partial charge in [-0.3, -0.25) is 4.90 Å². The van der Waals surface area contributed by atoms with Gasteiger partial charge in [0, 0.05) is 19.6 Å². The highest BCUT2D eigenvalue weighted by molar-refractivity contribution is 5.90. The Morgan fingerprint density at radius 1 is 0.957 bits per heavy atom. The summed E-state index contributed by atoms with van der Waals surface area (Å²) in [6.07, 6.45) is -1.30. The third kappa shape index (κ3) is 10.6. The number of aromatic hydroxyl groups is 1. The van der Waals surface area contributed by atoms with E-state index in [9.17, 15) is 4.79 Å². The van der Waals surface area contributed by atoms with Crippen LogP contribution in [-0.4, -0.2) is 74.3 Å². The van der Waals surface area contributed by atoms with Crippen LogP contribution in [0.25, 0.3) is 0 Å². The molecule has 3 unspecified atom stereocenters. The van der Waals surface area contributed by atoms with Crippen LogP contribution in [0.15, 0.2) is 24.3 Å². The van der Waals surface area contributed by atoms with Crippen LogP contribution in [0.4, 0.5) is 0 Å². The largest absolute Gasteiger partial charge is 0.507 e. The normalized spacial score (nSPS) is 14.6. The lowest BCUT2D eigenvalue weighted by molar-refractivity contribution is 0.0530. The first-order valence-corrected chi connectivity index (χ1v) is 7.41. The van der Waals surface area contributed by atoms with Crippen LogP contribution in [0.3, 0.4) is 0 Å². The van der Waals surface area contributed by atoms with Gasteiger partial charge in [0.2, 0.25) is 0 Å². The molecule has 0 saturated carbocycles. The first kappa shape index (κ1) is 21.3. The summed E-state index contributed by atoms with van der Waals surface area (Å²) in [5.74, 6) is -1.31. The summed E-state index contributed by atoms with van der Waals surface area (Å²) in [6, 6.07) is 5.81. The maximum Gasteiger partial charge on any atom is 0.339 e. The molecule has 0 bridgehead atoms. The molecule has 0 amide bonds. The van der Waals surface area contributed by atoms with Crippen molar-refractivity contribution in [3.8, 4) is 5.75 Å². The second-order valence-electron chi connectivity index (χ2n) is 5.59. The van der Waals surface area contributed by atoms with Gasteiger partial charge in [-0.1, -0.05) is 12.1 Å². The molecule has 7 heteroatoms. The molecule has 5 N–H and O–H groups in total. The average Bonchev–Trinajstić information content (AvgIpc) is 2.37. The number of carbonyl (C=O) groups is 1. The maximum atomic E-state index is 10.3. The first-order valence-electron chi connectivity index (χ1n) is 7.41. The van der Waals surface area contributed by atoms with Gasteiger partial charge in [-0.25, -0.2) is 4.79 Å². The lowest BCUT2D eigenvalue weighted by atomic mass is 10.2. The van der Waals surface area contributed by atoms with Gasteiger partial charge in [0.25, 0.3) is 0 Å². The van der Waals surface area contributed by atoms with E-state index in [2.05, 4.69) is 0 Å². The summed E-state index contributed by atoms with van der Waals surface area (Å²) >= 11 is 0. The Kier molecular flexibility index (Phi) is 10.2. The molecule has 0 saturated heterocycles. The van der Waals surface area contributed by atoms with Crippen LogP contribution in [-0.2, 0) is 0 Å². The van der Waals surface area contributed by atoms with Crippen molar-refractivity contribution in [2.75, 3.05) is 19.6 Å². The number of para-hydroxylation sites is 1. The number of carboxylic acids is 1. The molecule has 1 rings (SSSR count). The fraction of sp³-hybridized carbons (Fsp3) is 0.562. The van der Waals surface area contributed by atoms with E-state index in [1.807, 2.05) is 4.90 Å². The number of aliphatic hydroxyl groups excluding tert-OH is 3. The van der Waals surface area contributed by atoms with Crippen LogP contribution >= 0.6 is 0 Å². The quantitative estimate of drug-likeness (QED) is 0.494. The summed E-state index contributed by atoms with van der Waals surface area (Å²) < 4.78 is 0. The van der Waals surface area contributed by atoms with E-state index in [1.165, 1.54) is 12.1 Å². The predicted molar refractivity (Wildman–Crippen MR) is 86.5 cm³/mol. The van der Waals surface area contributed by atoms with Gasteiger partial charge in [0.1, 0.15) is 11.3 Å². The summed E-state index contributed by atoms with van der Waals surface area (Å²) in [5, 5.41) is 44.7. The summed E-state index contributed by atoms with van der Waals surface area (Å²) in [5.41, 5.74) is -0.0671. The number of hydrogen-bond donors (Lipinski definition) is 5. The Labute approximate surface area is 136 Å². The van der Waals surface area contributed by atoms with E-state index in [1.54, 1.807) is 32.9 Å². The Bertz CT molecular complexity index is 438. The molecule has 132 valence electrons. The Balaban J connectivity index is 0.000000433. The molecule has 0 aliphatic carbocycles. The minimum atomic E-state index is -1.11. The molecule has 0 radical (unpaired) electrons. The molecule has 3 atom stereocenters. The zero-order valence-corrected chi connectivity index (χ0v) is 13.8. The van der Waals surface area contributed by atoms with E-state index in [4.69, 9.17) is 25.5 Å². The molecular weight excluding hydrogens is 302 g/mol. The van der Waals surface area contributed by atoms with Crippen molar-refractivity contribution in [1.82, 2.24) is 4.90 Å². The number of rotatable bonds is 7. The third-order valence-electron chi connectivity index (χ3n) is 2.70. The molecule has 0 spiro atoms. The third-order valence-corrected chi connectivity index (χ3v) is 2.70. The maximum absolute atomic E-state index is 10.3. The minimum Gasteiger partial charge on any atom is -0.507 e. The summed E-state index contributed by atoms with van der Waals surface area (Å²) in [6.45, 7) is 6.52. The van der Waals surface area contributed by atoms with E-state index >= 15 is 0 Å². The lowest BCUT2D eigenvalue weighted by Crippen LogP contribution is -2.40. The molecule has 7 nitrogen and oxygen atoms in total. The Morgan fingerprint density at radius 2 is 1.35 bits per heavy atom. The zero-order valence-electron chi connectivity index (χ0n) is 13.8. The van der Waals surface area contributed by atoms with Crippen molar-refractivity contribution in [3.05, 3.63) is 29.8 Å². The molecule has 0 aliphatic heterocycles. The van der Waals surface area contributed by atoms with Crippen molar-refractivity contribution < 1.29 is 30.3 Å². The van der Waals surface area contributed by atoms with E-state index in [-0.39, 0.29) is 11.3 Å². The molecule has 23 heavy (non-hydrogen) atoms. The standard InChI is InChI=1S/C9H21NO3.C7H6O3/c1-7(11)4-10(5-8(2)12)6-9(3)13;8-6-4-2-1-3-5(6)7(9)10/h7-9,11-13H,4-6H2,1-3H3;1-4,8H,(H,9,10). The first-order chi connectivity index (χ1) is 10.6. The van der Waals surface area contributed by atoms with Crippen LogP contribution in [0, 0.1) is 0 Å². The van der Waals surface area contributed by atoms with Crippen molar-refractivity contribution in [2.45, 2.75) is 39.1 Å². The van der Waals surface area contributed by atoms with E-state index in [0.29, 0.717) is 19.6 Å². The topological polar surface area (TPSA) is 121 Å². The molecule has 0 aromatic heterocycles. The van der Waals surface area contributed by atoms with Crippen LogP contribution < -0.4 is 0 Å². The number of hydrogen-bond acceptors (Lipinski definition) is 6. The zero-order chi connectivity index (χ0) is 18.0. The molecular formula is C16H27NO6. The van der Waals surface area contributed by atoms with Crippen molar-refractivity contribution in [2.24, 2.45) is 0 Å². The van der Waals surface area contributed by atoms with Gasteiger partial charge in [-0.05, 0) is 32.9 Å². The Hall–Kier alpha value is -1.67. The van der Waals surface area contributed by atoms with Crippen molar-refractivity contribution >= 4 is 5.97 Å². The SMILES string of the molecule is CC(O)CN(CC(C)O)CC(C)O.O=C(O)c1ccccc1O. The van der Waals surface area contributed by atoms with Crippen LogP contribution in [0.2, 0.25) is 0 Å². The second-order valence-corrected chi connectivity index (χ2v) is 5.59. The number of aromatic carboxylic acids is 1. The average molecular weight is 329 g/mol. The lowest BCUT2D eigenvalue weighted by Gasteiger charge is -2.25. The van der Waals surface area contributed by atoms with Gasteiger partial charge >= 0.3 is 5.97 Å². The van der Waals surface area contributed by atoms with Gasteiger partial charge in [-0.2, -0.15) is 0 Å². The number of phenols is 1. The summed E-state index contributed by atoms with van der Waals surface area (Å²) in [7, 11) is 0. The molecule has 0 aliphatic rings. The number of nitrogens with zero attached hydrogens (tertiary/aromatic N) is 1. The number of benzene rings is 1. The molecule has 1 aromatic rings. The highest BCUT2D eigenvalue weighted by atomic mass is 16.4. The molecule has 1 aromatic carbocycles. The predicted octanol–water partition coefficient (Wildman–Crippen LogP) is 0.521. The Morgan fingerprint density at radius 3 is 1.61 bits per heavy atom. The highest BCUT2D eigenvalue weighted by Gasteiger charge is 2.12. The fourth-order valence-corrected chi connectivity index (χ4v) is 2.00. The van der Waals surface area contributed by atoms with Crippen LogP contribution in [0.1, 0.15) is 31.1 Å². The molecule has 0 fully saturated rings. The van der Waals surface area contributed by atoms with Gasteiger partial charge < -0.3 is 25.5 Å². The van der Waals surface area contributed by atoms with E-state index in [0.717, 1.165) is 0 Å². The van der Waals surface area contributed by atoms with Gasteiger partial charge in [0.05, 0.1) is 18.3 Å². The monoisotopic (exact) mass is 329 g/mol. The fourth-order valence-electron chi connectivity index (χ4n) is 2.00. The van der Waals surface area contributed by atoms with Gasteiger partial charge in [-0.15, -0.1) is 0 Å². The van der Waals surface area contributed by atoms with Crippen molar-refractivity contribution in [3.63, 3.8) is 0 Å². The summed E-state index contributed by atoms with van der Waals surface area (Å²) in [4.78, 5) is 12.1. The van der Waals surface area contributed by atoms with Crippen LogP contribution in [0.5, 0.6) is 5.75 Å². The smallest absolute Gasteiger partial charge is 0.339 e. The van der Waals surface area contributed by atoms with E-state index < -0.39 is 24.3 Å². The van der Waals surface area contributed by atoms with Gasteiger partial charge in [0.15, 0.2) is 0 Å². The number of carboxylic acid groups (broad SMARTS) is 1. The highest BCUT2D eigenvalue weighted by Crippen LogP contribution is 2.14. The minimum absolute atomic E-state index is 0.0671. The second kappa shape index (κ2) is 11.0. The number of aliphatic hydroxyl groups is 3. The molecule has 0 heterocycles. The van der Waals surface area contributed by atoms with Crippen molar-refractivity contribution in [1.29, 1.82) is 0 Å².